The maximum absolute atomic E-state index is 12.3. The molecule has 2 aromatic carbocycles. The number of anilines is 1. The fourth-order valence-corrected chi connectivity index (χ4v) is 3.19. The number of nitrogens with two attached hydrogens (primary N) is 1. The van der Waals surface area contributed by atoms with E-state index < -0.39 is 10.8 Å². The van der Waals surface area contributed by atoms with Crippen molar-refractivity contribution in [1.29, 1.82) is 0 Å². The van der Waals surface area contributed by atoms with E-state index in [0.717, 1.165) is 11.1 Å². The number of aryl methyl sites for hydroxylation is 1. The van der Waals surface area contributed by atoms with Gasteiger partial charge in [-0.25, -0.2) is 0 Å². The molecular weight excluding hydrogens is 266 g/mol. The highest BCUT2D eigenvalue weighted by Crippen LogP contribution is 2.21. The lowest BCUT2D eigenvalue weighted by molar-refractivity contribution is 0.683. The van der Waals surface area contributed by atoms with Crippen LogP contribution in [0.2, 0.25) is 5.02 Å². The van der Waals surface area contributed by atoms with Crippen LogP contribution in [0.25, 0.3) is 0 Å². The van der Waals surface area contributed by atoms with Crippen molar-refractivity contribution in [1.82, 2.24) is 0 Å². The molecule has 2 rings (SSSR count). The van der Waals surface area contributed by atoms with Gasteiger partial charge in [-0.05, 0) is 42.3 Å². The zero-order valence-electron chi connectivity index (χ0n) is 10.0. The number of rotatable bonds is 3. The van der Waals surface area contributed by atoms with Crippen molar-refractivity contribution < 1.29 is 4.21 Å². The van der Waals surface area contributed by atoms with Crippen molar-refractivity contribution in [3.63, 3.8) is 0 Å². The summed E-state index contributed by atoms with van der Waals surface area (Å²) in [5.74, 6) is 0.425. The Kier molecular flexibility index (Phi) is 4.04. The van der Waals surface area contributed by atoms with Crippen LogP contribution in [-0.2, 0) is 16.6 Å². The molecule has 1 atom stereocenters. The van der Waals surface area contributed by atoms with Crippen molar-refractivity contribution in [2.24, 2.45) is 0 Å². The Morgan fingerprint density at radius 3 is 2.72 bits per heavy atom. The van der Waals surface area contributed by atoms with Crippen LogP contribution < -0.4 is 5.73 Å². The van der Waals surface area contributed by atoms with Crippen molar-refractivity contribution >= 4 is 28.1 Å². The monoisotopic (exact) mass is 279 g/mol. The lowest BCUT2D eigenvalue weighted by Crippen LogP contribution is -2.01. The SMILES string of the molecule is Cc1ccc(N)c(S(=O)Cc2cccc(Cl)c2)c1. The second kappa shape index (κ2) is 5.55. The lowest BCUT2D eigenvalue weighted by atomic mass is 10.2. The molecule has 0 bridgehead atoms. The van der Waals surface area contributed by atoms with Crippen LogP contribution in [0.3, 0.4) is 0 Å². The normalized spacial score (nSPS) is 12.3. The molecule has 0 fully saturated rings. The smallest absolute Gasteiger partial charge is 0.0623 e. The predicted molar refractivity (Wildman–Crippen MR) is 77.2 cm³/mol. The second-order valence-corrected chi connectivity index (χ2v) is 6.02. The number of nitrogen functional groups attached to an aromatic ring is 1. The summed E-state index contributed by atoms with van der Waals surface area (Å²) in [6.07, 6.45) is 0. The second-order valence-electron chi connectivity index (χ2n) is 4.16. The maximum Gasteiger partial charge on any atom is 0.0623 e. The van der Waals surface area contributed by atoms with E-state index in [4.69, 9.17) is 17.3 Å². The zero-order valence-corrected chi connectivity index (χ0v) is 11.6. The first-order valence-electron chi connectivity index (χ1n) is 5.55. The van der Waals surface area contributed by atoms with Crippen LogP contribution in [-0.4, -0.2) is 4.21 Å². The Hall–Kier alpha value is -1.32. The van der Waals surface area contributed by atoms with Crippen molar-refractivity contribution in [2.45, 2.75) is 17.6 Å². The minimum absolute atomic E-state index is 0.425. The largest absolute Gasteiger partial charge is 0.398 e. The fourth-order valence-electron chi connectivity index (χ4n) is 1.69. The number of halogens is 1. The maximum atomic E-state index is 12.3. The zero-order chi connectivity index (χ0) is 13.1. The average molecular weight is 280 g/mol. The molecule has 2 aromatic rings. The molecule has 0 heterocycles. The third kappa shape index (κ3) is 3.12. The summed E-state index contributed by atoms with van der Waals surface area (Å²) in [6, 6.07) is 13.0. The standard InChI is InChI=1S/C14H14ClNOS/c1-10-5-6-13(16)14(7-10)18(17)9-11-3-2-4-12(15)8-11/h2-8H,9,16H2,1H3. The fraction of sp³-hybridized carbons (Fsp3) is 0.143. The lowest BCUT2D eigenvalue weighted by Gasteiger charge is -2.07. The van der Waals surface area contributed by atoms with E-state index >= 15 is 0 Å². The van der Waals surface area contributed by atoms with Gasteiger partial charge >= 0.3 is 0 Å². The number of benzene rings is 2. The van der Waals surface area contributed by atoms with Gasteiger partial charge in [-0.3, -0.25) is 4.21 Å². The average Bonchev–Trinajstić information content (AvgIpc) is 2.32. The molecule has 1 unspecified atom stereocenters. The van der Waals surface area contributed by atoms with Crippen molar-refractivity contribution in [3.8, 4) is 0 Å². The molecule has 4 heteroatoms. The van der Waals surface area contributed by atoms with Crippen LogP contribution in [0.5, 0.6) is 0 Å². The summed E-state index contributed by atoms with van der Waals surface area (Å²) < 4.78 is 12.3. The first-order valence-corrected chi connectivity index (χ1v) is 7.25. The summed E-state index contributed by atoms with van der Waals surface area (Å²) in [5, 5.41) is 0.654. The minimum atomic E-state index is -1.15. The van der Waals surface area contributed by atoms with Crippen molar-refractivity contribution in [3.05, 3.63) is 58.6 Å². The Balaban J connectivity index is 2.24. The van der Waals surface area contributed by atoms with E-state index in [2.05, 4.69) is 0 Å². The molecule has 0 spiro atoms. The molecule has 2 nitrogen and oxygen atoms in total. The minimum Gasteiger partial charge on any atom is -0.398 e. The van der Waals surface area contributed by atoms with Gasteiger partial charge < -0.3 is 5.73 Å². The third-order valence-corrected chi connectivity index (χ3v) is 4.28. The van der Waals surface area contributed by atoms with Gasteiger partial charge in [-0.2, -0.15) is 0 Å². The molecule has 0 aromatic heterocycles. The summed E-state index contributed by atoms with van der Waals surface area (Å²) in [4.78, 5) is 0.690. The highest BCUT2D eigenvalue weighted by atomic mass is 35.5. The van der Waals surface area contributed by atoms with Crippen LogP contribution in [0.4, 0.5) is 5.69 Å². The van der Waals surface area contributed by atoms with Gasteiger partial charge in [0.25, 0.3) is 0 Å². The molecule has 18 heavy (non-hydrogen) atoms. The summed E-state index contributed by atoms with van der Waals surface area (Å²) >= 11 is 5.91. The first-order chi connectivity index (χ1) is 8.56. The van der Waals surface area contributed by atoms with E-state index in [1.165, 1.54) is 0 Å². The van der Waals surface area contributed by atoms with Crippen LogP contribution in [0.15, 0.2) is 47.4 Å². The van der Waals surface area contributed by atoms with Crippen LogP contribution in [0.1, 0.15) is 11.1 Å². The van der Waals surface area contributed by atoms with E-state index in [0.29, 0.717) is 21.4 Å². The van der Waals surface area contributed by atoms with Gasteiger partial charge in [-0.1, -0.05) is 29.8 Å². The molecule has 0 amide bonds. The van der Waals surface area contributed by atoms with E-state index in [1.807, 2.05) is 37.3 Å². The van der Waals surface area contributed by atoms with Gasteiger partial charge in [-0.15, -0.1) is 0 Å². The Morgan fingerprint density at radius 1 is 1.22 bits per heavy atom. The highest BCUT2D eigenvalue weighted by Gasteiger charge is 2.09. The highest BCUT2D eigenvalue weighted by molar-refractivity contribution is 7.84. The van der Waals surface area contributed by atoms with Gasteiger partial charge in [0.1, 0.15) is 0 Å². The molecule has 0 aliphatic heterocycles. The first kappa shape index (κ1) is 13.1. The Labute approximate surface area is 114 Å². The topological polar surface area (TPSA) is 43.1 Å². The van der Waals surface area contributed by atoms with E-state index in [9.17, 15) is 4.21 Å². The molecule has 0 aliphatic rings. The third-order valence-electron chi connectivity index (χ3n) is 2.60. The van der Waals surface area contributed by atoms with Gasteiger partial charge in [0, 0.05) is 10.7 Å². The molecule has 94 valence electrons. The Morgan fingerprint density at radius 2 is 2.00 bits per heavy atom. The molecule has 0 saturated carbocycles. The molecule has 0 radical (unpaired) electrons. The van der Waals surface area contributed by atoms with Crippen LogP contribution >= 0.6 is 11.6 Å². The summed E-state index contributed by atoms with van der Waals surface area (Å²) in [6.45, 7) is 1.96. The summed E-state index contributed by atoms with van der Waals surface area (Å²) in [5.41, 5.74) is 8.43. The number of hydrogen-bond acceptors (Lipinski definition) is 2. The Bertz CT molecular complexity index is 598. The predicted octanol–water partition coefficient (Wildman–Crippen LogP) is 3.54. The quantitative estimate of drug-likeness (QED) is 0.874. The molecule has 0 saturated heterocycles. The van der Waals surface area contributed by atoms with Gasteiger partial charge in [0.15, 0.2) is 0 Å². The molecule has 2 N–H and O–H groups in total. The number of hydrogen-bond donors (Lipinski definition) is 1. The van der Waals surface area contributed by atoms with Gasteiger partial charge in [0.05, 0.1) is 21.4 Å². The van der Waals surface area contributed by atoms with Crippen LogP contribution in [0, 0.1) is 6.92 Å². The molecule has 0 aliphatic carbocycles. The van der Waals surface area contributed by atoms with Gasteiger partial charge in [0.2, 0.25) is 0 Å². The molecular formula is C14H14ClNOS. The van der Waals surface area contributed by atoms with Crippen molar-refractivity contribution in [2.75, 3.05) is 5.73 Å². The van der Waals surface area contributed by atoms with E-state index in [1.54, 1.807) is 12.1 Å². The van der Waals surface area contributed by atoms with E-state index in [-0.39, 0.29) is 0 Å². The summed E-state index contributed by atoms with van der Waals surface area (Å²) in [7, 11) is -1.15.